The molecule has 0 bridgehead atoms. The standard InChI is InChI=1S/C12H18.C6H14.HI/c1-3-4-8-11(2)12-9-6-5-7-10-12;1-3-5-6-4-2;/h5-7,9-11H,3-4,8H2,1-2H3;3-6H2,1-2H3;1H. The minimum absolute atomic E-state index is 0. The second kappa shape index (κ2) is 16.0. The molecule has 0 heterocycles. The Kier molecular flexibility index (Phi) is 17.9. The Balaban J connectivity index is 0. The molecule has 0 aliphatic heterocycles. The predicted octanol–water partition coefficient (Wildman–Crippen LogP) is 7.18. The van der Waals surface area contributed by atoms with E-state index in [0.717, 1.165) is 5.92 Å². The van der Waals surface area contributed by atoms with E-state index in [4.69, 9.17) is 0 Å². The van der Waals surface area contributed by atoms with Crippen LogP contribution in [0, 0.1) is 0 Å². The monoisotopic (exact) mass is 376 g/mol. The van der Waals surface area contributed by atoms with Crippen LogP contribution in [-0.4, -0.2) is 0 Å². The van der Waals surface area contributed by atoms with Crippen molar-refractivity contribution >= 4 is 24.0 Å². The van der Waals surface area contributed by atoms with Crippen LogP contribution in [0.1, 0.15) is 84.1 Å². The zero-order chi connectivity index (χ0) is 13.6. The van der Waals surface area contributed by atoms with Crippen LogP contribution in [0.25, 0.3) is 0 Å². The van der Waals surface area contributed by atoms with E-state index in [1.807, 2.05) is 0 Å². The maximum Gasteiger partial charge on any atom is -0.0190 e. The minimum Gasteiger partial charge on any atom is -0.107 e. The fourth-order valence-corrected chi connectivity index (χ4v) is 1.96. The first kappa shape index (κ1) is 21.3. The van der Waals surface area contributed by atoms with Crippen molar-refractivity contribution in [2.75, 3.05) is 0 Å². The molecule has 0 aromatic heterocycles. The second-order valence-electron chi connectivity index (χ2n) is 5.16. The topological polar surface area (TPSA) is 0 Å². The molecule has 1 rings (SSSR count). The van der Waals surface area contributed by atoms with Gasteiger partial charge in [-0.05, 0) is 17.9 Å². The van der Waals surface area contributed by atoms with Crippen molar-refractivity contribution in [3.05, 3.63) is 35.9 Å². The van der Waals surface area contributed by atoms with E-state index < -0.39 is 0 Å². The SMILES string of the molecule is CCCCC(C)c1ccccc1.CCCCCC.I. The number of rotatable bonds is 7. The van der Waals surface area contributed by atoms with E-state index in [9.17, 15) is 0 Å². The molecule has 19 heavy (non-hydrogen) atoms. The summed E-state index contributed by atoms with van der Waals surface area (Å²) >= 11 is 0. The van der Waals surface area contributed by atoms with Gasteiger partial charge in [0.1, 0.15) is 0 Å². The summed E-state index contributed by atoms with van der Waals surface area (Å²) in [5.41, 5.74) is 1.48. The normalized spacial score (nSPS) is 10.9. The van der Waals surface area contributed by atoms with Crippen molar-refractivity contribution in [1.82, 2.24) is 0 Å². The molecular formula is C18H33I. The highest BCUT2D eigenvalue weighted by Gasteiger charge is 2.02. The molecule has 112 valence electrons. The molecule has 0 nitrogen and oxygen atoms in total. The van der Waals surface area contributed by atoms with Crippen molar-refractivity contribution < 1.29 is 0 Å². The fraction of sp³-hybridized carbons (Fsp3) is 0.667. The Morgan fingerprint density at radius 2 is 1.26 bits per heavy atom. The van der Waals surface area contributed by atoms with Gasteiger partial charge in [-0.15, -0.1) is 24.0 Å². The van der Waals surface area contributed by atoms with Crippen LogP contribution in [0.2, 0.25) is 0 Å². The van der Waals surface area contributed by atoms with Crippen LogP contribution >= 0.6 is 24.0 Å². The van der Waals surface area contributed by atoms with Crippen molar-refractivity contribution in [3.8, 4) is 0 Å². The maximum absolute atomic E-state index is 2.31. The summed E-state index contributed by atoms with van der Waals surface area (Å²) in [7, 11) is 0. The van der Waals surface area contributed by atoms with Gasteiger partial charge in [-0.1, -0.05) is 96.6 Å². The molecule has 0 aliphatic rings. The molecule has 1 heteroatoms. The van der Waals surface area contributed by atoms with Gasteiger partial charge in [-0.3, -0.25) is 0 Å². The summed E-state index contributed by atoms with van der Waals surface area (Å²) in [4.78, 5) is 0. The third-order valence-electron chi connectivity index (χ3n) is 3.32. The molecule has 0 amide bonds. The summed E-state index contributed by atoms with van der Waals surface area (Å²) in [6, 6.07) is 10.8. The Morgan fingerprint density at radius 1 is 0.789 bits per heavy atom. The van der Waals surface area contributed by atoms with Gasteiger partial charge >= 0.3 is 0 Å². The molecule has 1 aromatic carbocycles. The van der Waals surface area contributed by atoms with Gasteiger partial charge in [0, 0.05) is 0 Å². The van der Waals surface area contributed by atoms with Gasteiger partial charge in [0.05, 0.1) is 0 Å². The highest BCUT2D eigenvalue weighted by Crippen LogP contribution is 2.20. The van der Waals surface area contributed by atoms with Crippen molar-refractivity contribution in [3.63, 3.8) is 0 Å². The summed E-state index contributed by atoms with van der Waals surface area (Å²) < 4.78 is 0. The molecule has 1 atom stereocenters. The van der Waals surface area contributed by atoms with Gasteiger partial charge in [0.25, 0.3) is 0 Å². The number of halogens is 1. The van der Waals surface area contributed by atoms with Crippen LogP contribution in [0.15, 0.2) is 30.3 Å². The smallest absolute Gasteiger partial charge is 0.0190 e. The minimum atomic E-state index is 0. The Bertz CT molecular complexity index is 252. The van der Waals surface area contributed by atoms with Crippen molar-refractivity contribution in [1.29, 1.82) is 0 Å². The van der Waals surface area contributed by atoms with Crippen molar-refractivity contribution in [2.24, 2.45) is 0 Å². The van der Waals surface area contributed by atoms with Crippen LogP contribution in [0.4, 0.5) is 0 Å². The highest BCUT2D eigenvalue weighted by molar-refractivity contribution is 14.0. The lowest BCUT2D eigenvalue weighted by Gasteiger charge is -2.10. The second-order valence-corrected chi connectivity index (χ2v) is 5.16. The van der Waals surface area contributed by atoms with E-state index in [2.05, 4.69) is 58.0 Å². The molecule has 0 saturated carbocycles. The molecule has 0 aliphatic carbocycles. The zero-order valence-corrected chi connectivity index (χ0v) is 15.7. The molecule has 1 aromatic rings. The van der Waals surface area contributed by atoms with Gasteiger partial charge in [0.15, 0.2) is 0 Å². The Morgan fingerprint density at radius 3 is 1.68 bits per heavy atom. The van der Waals surface area contributed by atoms with Gasteiger partial charge in [-0.25, -0.2) is 0 Å². The van der Waals surface area contributed by atoms with Gasteiger partial charge in [-0.2, -0.15) is 0 Å². The first-order chi connectivity index (χ1) is 8.76. The molecule has 0 spiro atoms. The Labute approximate surface area is 138 Å². The molecule has 0 radical (unpaired) electrons. The third-order valence-corrected chi connectivity index (χ3v) is 3.32. The zero-order valence-electron chi connectivity index (χ0n) is 13.3. The lowest BCUT2D eigenvalue weighted by molar-refractivity contribution is 0.624. The van der Waals surface area contributed by atoms with E-state index in [1.165, 1.54) is 50.5 Å². The summed E-state index contributed by atoms with van der Waals surface area (Å²) in [5, 5.41) is 0. The third kappa shape index (κ3) is 12.7. The lowest BCUT2D eigenvalue weighted by Crippen LogP contribution is -1.92. The highest BCUT2D eigenvalue weighted by atomic mass is 127. The number of benzene rings is 1. The largest absolute Gasteiger partial charge is 0.107 e. The molecule has 1 unspecified atom stereocenters. The van der Waals surface area contributed by atoms with Crippen LogP contribution in [0.3, 0.4) is 0 Å². The van der Waals surface area contributed by atoms with E-state index in [1.54, 1.807) is 0 Å². The average Bonchev–Trinajstić information content (AvgIpc) is 2.44. The first-order valence-electron chi connectivity index (χ1n) is 7.81. The summed E-state index contributed by atoms with van der Waals surface area (Å²) in [6.45, 7) is 9.02. The molecular weight excluding hydrogens is 343 g/mol. The summed E-state index contributed by atoms with van der Waals surface area (Å²) in [5.74, 6) is 0.728. The van der Waals surface area contributed by atoms with Crippen LogP contribution < -0.4 is 0 Å². The van der Waals surface area contributed by atoms with E-state index >= 15 is 0 Å². The fourth-order valence-electron chi connectivity index (χ4n) is 1.96. The lowest BCUT2D eigenvalue weighted by atomic mass is 9.96. The van der Waals surface area contributed by atoms with Gasteiger partial charge < -0.3 is 0 Å². The van der Waals surface area contributed by atoms with Gasteiger partial charge in [0.2, 0.25) is 0 Å². The summed E-state index contributed by atoms with van der Waals surface area (Å²) in [6.07, 6.45) is 9.50. The predicted molar refractivity (Wildman–Crippen MR) is 99.6 cm³/mol. The number of hydrogen-bond acceptors (Lipinski definition) is 0. The van der Waals surface area contributed by atoms with Crippen LogP contribution in [-0.2, 0) is 0 Å². The van der Waals surface area contributed by atoms with Crippen LogP contribution in [0.5, 0.6) is 0 Å². The molecule has 0 N–H and O–H groups in total. The number of unbranched alkanes of at least 4 members (excludes halogenated alkanes) is 4. The average molecular weight is 376 g/mol. The van der Waals surface area contributed by atoms with Crippen molar-refractivity contribution in [2.45, 2.75) is 78.6 Å². The Hall–Kier alpha value is -0.0500. The molecule has 0 fully saturated rings. The quantitative estimate of drug-likeness (QED) is 0.349. The van der Waals surface area contributed by atoms with E-state index in [0.29, 0.717) is 0 Å². The first-order valence-corrected chi connectivity index (χ1v) is 7.81. The number of hydrogen-bond donors (Lipinski definition) is 0. The van der Waals surface area contributed by atoms with E-state index in [-0.39, 0.29) is 24.0 Å². The maximum atomic E-state index is 2.31. The molecule has 0 saturated heterocycles.